The van der Waals surface area contributed by atoms with Crippen LogP contribution in [0.5, 0.6) is 0 Å². The van der Waals surface area contributed by atoms with Crippen molar-refractivity contribution in [2.24, 2.45) is 0 Å². The minimum Gasteiger partial charge on any atom is -0.308 e. The third-order valence-corrected chi connectivity index (χ3v) is 5.05. The van der Waals surface area contributed by atoms with E-state index in [-0.39, 0.29) is 5.91 Å². The lowest BCUT2D eigenvalue weighted by Crippen LogP contribution is -2.25. The van der Waals surface area contributed by atoms with E-state index in [1.165, 1.54) is 29.5 Å². The molecule has 2 aromatic rings. The number of anilines is 1. The number of benzene rings is 2. The van der Waals surface area contributed by atoms with Gasteiger partial charge in [-0.2, -0.15) is 0 Å². The first-order valence-corrected chi connectivity index (χ1v) is 8.86. The second-order valence-electron chi connectivity index (χ2n) is 5.56. The highest BCUT2D eigenvalue weighted by Gasteiger charge is 2.29. The zero-order chi connectivity index (χ0) is 15.5. The van der Waals surface area contributed by atoms with Crippen molar-refractivity contribution in [1.29, 1.82) is 0 Å². The first kappa shape index (κ1) is 15.4. The fraction of sp³-hybridized carbons (Fsp3) is 0.389. The molecule has 0 spiro atoms. The van der Waals surface area contributed by atoms with Crippen LogP contribution in [0.2, 0.25) is 0 Å². The normalized spacial score (nSPS) is 13.4. The van der Waals surface area contributed by atoms with Crippen molar-refractivity contribution in [1.82, 2.24) is 4.72 Å². The zero-order valence-corrected chi connectivity index (χ0v) is 14.0. The van der Waals surface area contributed by atoms with Gasteiger partial charge in [0, 0.05) is 28.9 Å². The fourth-order valence-corrected chi connectivity index (χ4v) is 3.82. The largest absolute Gasteiger partial charge is 0.308 e. The topological polar surface area (TPSA) is 32.3 Å². The summed E-state index contributed by atoms with van der Waals surface area (Å²) in [6, 6.07) is 10.2. The predicted octanol–water partition coefficient (Wildman–Crippen LogP) is 4.61. The van der Waals surface area contributed by atoms with E-state index < -0.39 is 0 Å². The van der Waals surface area contributed by atoms with Gasteiger partial charge in [-0.25, -0.2) is 0 Å². The number of rotatable bonds is 7. The van der Waals surface area contributed by atoms with Crippen LogP contribution in [-0.4, -0.2) is 19.0 Å². The molecule has 1 aliphatic rings. The van der Waals surface area contributed by atoms with Crippen molar-refractivity contribution in [3.05, 3.63) is 35.9 Å². The maximum absolute atomic E-state index is 12.5. The Morgan fingerprint density at radius 3 is 2.77 bits per heavy atom. The van der Waals surface area contributed by atoms with Gasteiger partial charge in [-0.1, -0.05) is 31.9 Å². The molecule has 4 heteroatoms. The molecule has 0 unspecified atom stereocenters. The van der Waals surface area contributed by atoms with Crippen molar-refractivity contribution in [3.8, 4) is 0 Å². The van der Waals surface area contributed by atoms with Gasteiger partial charge in [0.1, 0.15) is 0 Å². The Kier molecular flexibility index (Phi) is 4.69. The summed E-state index contributed by atoms with van der Waals surface area (Å²) in [6.45, 7) is 5.96. The number of hydrogen-bond donors (Lipinski definition) is 1. The molecular weight excluding hydrogens is 292 g/mol. The Morgan fingerprint density at radius 1 is 1.14 bits per heavy atom. The molecule has 0 saturated heterocycles. The van der Waals surface area contributed by atoms with Crippen molar-refractivity contribution >= 4 is 34.3 Å². The monoisotopic (exact) mass is 314 g/mol. The van der Waals surface area contributed by atoms with E-state index in [4.69, 9.17) is 0 Å². The van der Waals surface area contributed by atoms with Gasteiger partial charge in [-0.15, -0.1) is 0 Å². The van der Waals surface area contributed by atoms with Crippen molar-refractivity contribution in [3.63, 3.8) is 0 Å². The summed E-state index contributed by atoms with van der Waals surface area (Å²) in [5, 5.41) is 2.28. The molecule has 0 radical (unpaired) electrons. The van der Waals surface area contributed by atoms with Gasteiger partial charge in [0.2, 0.25) is 0 Å². The fourth-order valence-electron chi connectivity index (χ4n) is 3.00. The van der Waals surface area contributed by atoms with Gasteiger partial charge in [0.05, 0.1) is 5.69 Å². The lowest BCUT2D eigenvalue weighted by atomic mass is 10.1. The molecule has 0 saturated carbocycles. The average molecular weight is 314 g/mol. The molecule has 2 aromatic carbocycles. The molecule has 0 aromatic heterocycles. The van der Waals surface area contributed by atoms with Crippen LogP contribution in [0.4, 0.5) is 5.69 Å². The molecule has 3 nitrogen and oxygen atoms in total. The second-order valence-corrected chi connectivity index (χ2v) is 6.50. The van der Waals surface area contributed by atoms with Crippen molar-refractivity contribution < 1.29 is 4.79 Å². The highest BCUT2D eigenvalue weighted by molar-refractivity contribution is 7.97. The highest BCUT2D eigenvalue weighted by Crippen LogP contribution is 2.40. The van der Waals surface area contributed by atoms with Crippen molar-refractivity contribution in [2.75, 3.05) is 18.0 Å². The number of carbonyl (C=O) groups excluding carboxylic acids is 1. The van der Waals surface area contributed by atoms with Crippen molar-refractivity contribution in [2.45, 2.75) is 38.0 Å². The standard InChI is InChI=1S/C18H22N2OS/c1-3-5-6-12-19-22-16-11-10-15-17-13(16)8-7-9-14(17)18(21)20(15)4-2/h7-11,19H,3-6,12H2,1-2H3. The zero-order valence-electron chi connectivity index (χ0n) is 13.2. The molecule has 3 rings (SSSR count). The highest BCUT2D eigenvalue weighted by atomic mass is 32.2. The molecule has 1 N–H and O–H groups in total. The Labute approximate surface area is 136 Å². The molecule has 0 atom stereocenters. The summed E-state index contributed by atoms with van der Waals surface area (Å²) in [6.07, 6.45) is 3.70. The Bertz CT molecular complexity index is 699. The Morgan fingerprint density at radius 2 is 2.00 bits per heavy atom. The minimum absolute atomic E-state index is 0.126. The summed E-state index contributed by atoms with van der Waals surface area (Å²) in [5.41, 5.74) is 1.89. The van der Waals surface area contributed by atoms with E-state index in [2.05, 4.69) is 29.8 Å². The Balaban J connectivity index is 1.89. The molecule has 0 fully saturated rings. The molecule has 1 aliphatic heterocycles. The molecule has 0 bridgehead atoms. The van der Waals surface area contributed by atoms with E-state index in [1.54, 1.807) is 11.9 Å². The number of unbranched alkanes of at least 4 members (excludes halogenated alkanes) is 2. The van der Waals surface area contributed by atoms with Gasteiger partial charge in [0.25, 0.3) is 5.91 Å². The van der Waals surface area contributed by atoms with Gasteiger partial charge >= 0.3 is 0 Å². The predicted molar refractivity (Wildman–Crippen MR) is 94.7 cm³/mol. The third-order valence-electron chi connectivity index (χ3n) is 4.13. The lowest BCUT2D eigenvalue weighted by Gasteiger charge is -2.15. The number of amides is 1. The van der Waals surface area contributed by atoms with Gasteiger partial charge in [-0.05, 0) is 48.9 Å². The van der Waals surface area contributed by atoms with Crippen LogP contribution in [0.25, 0.3) is 10.8 Å². The quantitative estimate of drug-likeness (QED) is 0.598. The minimum atomic E-state index is 0.126. The number of carbonyl (C=O) groups is 1. The average Bonchev–Trinajstić information content (AvgIpc) is 2.83. The number of hydrogen-bond acceptors (Lipinski definition) is 3. The lowest BCUT2D eigenvalue weighted by molar-refractivity contribution is 0.0994. The number of nitrogens with one attached hydrogen (secondary N) is 1. The number of nitrogens with zero attached hydrogens (tertiary/aromatic N) is 1. The molecule has 1 amide bonds. The van der Waals surface area contributed by atoms with Gasteiger partial charge < -0.3 is 4.90 Å². The van der Waals surface area contributed by atoms with Crippen LogP contribution in [0.3, 0.4) is 0 Å². The third kappa shape index (κ3) is 2.61. The van der Waals surface area contributed by atoms with E-state index in [0.717, 1.165) is 23.2 Å². The molecule has 116 valence electrons. The van der Waals surface area contributed by atoms with E-state index >= 15 is 0 Å². The smallest absolute Gasteiger partial charge is 0.258 e. The van der Waals surface area contributed by atoms with Crippen LogP contribution < -0.4 is 9.62 Å². The van der Waals surface area contributed by atoms with Crippen LogP contribution in [0, 0.1) is 0 Å². The molecule has 0 aliphatic carbocycles. The van der Waals surface area contributed by atoms with Crippen LogP contribution >= 0.6 is 11.9 Å². The SMILES string of the molecule is CCCCCNSc1ccc2c3c(cccc13)C(=O)N2CC. The van der Waals surface area contributed by atoms with E-state index in [0.29, 0.717) is 6.54 Å². The van der Waals surface area contributed by atoms with E-state index in [9.17, 15) is 4.79 Å². The van der Waals surface area contributed by atoms with Gasteiger partial charge in [-0.3, -0.25) is 9.52 Å². The summed E-state index contributed by atoms with van der Waals surface area (Å²) < 4.78 is 3.44. The maximum Gasteiger partial charge on any atom is 0.258 e. The van der Waals surface area contributed by atoms with Crippen LogP contribution in [0.15, 0.2) is 35.2 Å². The van der Waals surface area contributed by atoms with Gasteiger partial charge in [0.15, 0.2) is 0 Å². The van der Waals surface area contributed by atoms with E-state index in [1.807, 2.05) is 24.0 Å². The molecular formula is C18H22N2OS. The molecule has 1 heterocycles. The summed E-state index contributed by atoms with van der Waals surface area (Å²) >= 11 is 1.68. The summed E-state index contributed by atoms with van der Waals surface area (Å²) in [4.78, 5) is 15.5. The Hall–Kier alpha value is -1.52. The summed E-state index contributed by atoms with van der Waals surface area (Å²) in [7, 11) is 0. The summed E-state index contributed by atoms with van der Waals surface area (Å²) in [5.74, 6) is 0.126. The maximum atomic E-state index is 12.5. The molecule has 22 heavy (non-hydrogen) atoms. The van der Waals surface area contributed by atoms with Crippen LogP contribution in [0.1, 0.15) is 43.5 Å². The van der Waals surface area contributed by atoms with Crippen LogP contribution in [-0.2, 0) is 0 Å². The second kappa shape index (κ2) is 6.71. The first-order valence-electron chi connectivity index (χ1n) is 8.05. The first-order chi connectivity index (χ1) is 10.8.